The van der Waals surface area contributed by atoms with Crippen LogP contribution in [0.4, 0.5) is 15.3 Å². The number of hydrogen-bond donors (Lipinski definition) is 3. The van der Waals surface area contributed by atoms with Gasteiger partial charge in [0.2, 0.25) is 0 Å². The summed E-state index contributed by atoms with van der Waals surface area (Å²) in [7, 11) is 0. The molecule has 0 aliphatic carbocycles. The number of likely N-dealkylation sites (tertiary alicyclic amines) is 1. The van der Waals surface area contributed by atoms with E-state index in [-0.39, 0.29) is 30.4 Å². The number of urea groups is 2. The second kappa shape index (κ2) is 13.3. The molecule has 13 nitrogen and oxygen atoms in total. The number of fused-ring (bicyclic) bond motifs is 2. The van der Waals surface area contributed by atoms with Crippen molar-refractivity contribution in [2.45, 2.75) is 64.7 Å². The molecule has 2 aliphatic rings. The number of aryl methyl sites for hydroxylation is 2. The van der Waals surface area contributed by atoms with Gasteiger partial charge in [-0.3, -0.25) is 9.89 Å². The predicted octanol–water partition coefficient (Wildman–Crippen LogP) is 4.81. The van der Waals surface area contributed by atoms with Gasteiger partial charge in [-0.05, 0) is 60.2 Å². The number of nitrogens with one attached hydrogen (secondary N) is 3. The Morgan fingerprint density at radius 1 is 1.04 bits per heavy atom. The number of aromatic amines is 1. The summed E-state index contributed by atoms with van der Waals surface area (Å²) >= 11 is 0. The topological polar surface area (TPSA) is 154 Å². The summed E-state index contributed by atoms with van der Waals surface area (Å²) < 4.78 is 0. The lowest BCUT2D eigenvalue weighted by atomic mass is 9.98. The van der Waals surface area contributed by atoms with E-state index in [0.29, 0.717) is 50.3 Å². The van der Waals surface area contributed by atoms with Crippen molar-refractivity contribution in [1.82, 2.24) is 45.5 Å². The highest BCUT2D eigenvalue weighted by molar-refractivity contribution is 5.95. The van der Waals surface area contributed by atoms with Gasteiger partial charge in [0.25, 0.3) is 0 Å². The number of rotatable bonds is 9. The van der Waals surface area contributed by atoms with Crippen LogP contribution in [-0.4, -0.2) is 77.2 Å². The Kier molecular flexibility index (Phi) is 8.57. The average molecular weight is 647 g/mol. The number of nitrogens with zero attached hydrogens (tertiary/aromatic N) is 7. The molecule has 4 amide bonds. The molecule has 1 fully saturated rings. The third kappa shape index (κ3) is 6.35. The number of tetrazole rings is 1. The van der Waals surface area contributed by atoms with Crippen molar-refractivity contribution >= 4 is 34.4 Å². The number of carbonyl (C=O) groups is 3. The molecule has 2 aromatic heterocycles. The first kappa shape index (κ1) is 31.0. The molecule has 13 heteroatoms. The van der Waals surface area contributed by atoms with Crippen LogP contribution >= 0.6 is 0 Å². The fourth-order valence-electron chi connectivity index (χ4n) is 6.65. The monoisotopic (exact) mass is 646 g/mol. The Labute approximate surface area is 277 Å². The zero-order valence-corrected chi connectivity index (χ0v) is 27.0. The molecule has 5 aromatic rings. The number of carbonyl (C=O) groups excluding carboxylic acids is 3. The maximum atomic E-state index is 13.8. The van der Waals surface area contributed by atoms with Crippen molar-refractivity contribution < 1.29 is 14.4 Å². The normalized spacial score (nSPS) is 15.7. The molecule has 0 bridgehead atoms. The number of amides is 4. The van der Waals surface area contributed by atoms with Crippen LogP contribution in [0.1, 0.15) is 64.4 Å². The zero-order valence-electron chi connectivity index (χ0n) is 27.0. The van der Waals surface area contributed by atoms with Crippen LogP contribution in [0.2, 0.25) is 0 Å². The maximum absolute atomic E-state index is 13.8. The fourth-order valence-corrected chi connectivity index (χ4v) is 6.65. The first-order valence-electron chi connectivity index (χ1n) is 16.4. The molecular formula is C35H38N10O3. The largest absolute Gasteiger partial charge is 0.327 e. The van der Waals surface area contributed by atoms with Gasteiger partial charge in [-0.1, -0.05) is 61.5 Å². The summed E-state index contributed by atoms with van der Waals surface area (Å²) in [5.41, 5.74) is 6.52. The number of Topliss-reactive ketones (excluding diaryl/α,β-unsaturated/α-hetero) is 1. The van der Waals surface area contributed by atoms with Crippen molar-refractivity contribution in [2.24, 2.45) is 0 Å². The summed E-state index contributed by atoms with van der Waals surface area (Å²) in [6, 6.07) is 20.1. The van der Waals surface area contributed by atoms with E-state index in [2.05, 4.69) is 55.3 Å². The number of aromatic nitrogens is 6. The van der Waals surface area contributed by atoms with Crippen molar-refractivity contribution in [3.63, 3.8) is 0 Å². The molecule has 1 saturated heterocycles. The third-order valence-corrected chi connectivity index (χ3v) is 9.32. The van der Waals surface area contributed by atoms with Crippen molar-refractivity contribution in [2.75, 3.05) is 18.4 Å². The first-order chi connectivity index (χ1) is 23.4. The van der Waals surface area contributed by atoms with Gasteiger partial charge < -0.3 is 20.4 Å². The molecule has 48 heavy (non-hydrogen) atoms. The van der Waals surface area contributed by atoms with Crippen LogP contribution in [0.5, 0.6) is 0 Å². The van der Waals surface area contributed by atoms with Gasteiger partial charge in [-0.2, -0.15) is 9.90 Å². The molecule has 1 unspecified atom stereocenters. The number of anilines is 1. The van der Waals surface area contributed by atoms with E-state index in [1.54, 1.807) is 17.0 Å². The number of ketones is 1. The molecular weight excluding hydrogens is 608 g/mol. The minimum atomic E-state index is -0.602. The van der Waals surface area contributed by atoms with Crippen molar-refractivity contribution in [3.05, 3.63) is 101 Å². The average Bonchev–Trinajstić information content (AvgIpc) is 3.74. The molecule has 246 valence electrons. The summed E-state index contributed by atoms with van der Waals surface area (Å²) in [6.45, 7) is 5.56. The van der Waals surface area contributed by atoms with Crippen LogP contribution in [0.15, 0.2) is 66.7 Å². The third-order valence-electron chi connectivity index (χ3n) is 9.32. The summed E-state index contributed by atoms with van der Waals surface area (Å²) in [5, 5.41) is 27.8. The molecule has 0 spiro atoms. The first-order valence-corrected chi connectivity index (χ1v) is 16.4. The molecule has 0 saturated carbocycles. The molecule has 1 atom stereocenters. The molecule has 4 heterocycles. The lowest BCUT2D eigenvalue weighted by molar-refractivity contribution is 0.0960. The molecule has 2 aliphatic heterocycles. The number of benzene rings is 3. The lowest BCUT2D eigenvalue weighted by Gasteiger charge is -2.40. The van der Waals surface area contributed by atoms with Gasteiger partial charge in [0.05, 0.1) is 11.6 Å². The van der Waals surface area contributed by atoms with E-state index < -0.39 is 6.04 Å². The van der Waals surface area contributed by atoms with Crippen LogP contribution in [0.3, 0.4) is 0 Å². The van der Waals surface area contributed by atoms with E-state index in [1.807, 2.05) is 54.3 Å². The van der Waals surface area contributed by atoms with Crippen molar-refractivity contribution in [1.29, 1.82) is 0 Å². The highest BCUT2D eigenvalue weighted by Gasteiger charge is 2.33. The van der Waals surface area contributed by atoms with Crippen LogP contribution in [0, 0.1) is 6.92 Å². The Balaban J connectivity index is 1.08. The SMILES string of the molecule is CCc1cc(CC(NC(=O)N2CCC(N3Cc4ccccc4NC3=O)CC2)c2nnn(CC(=O)c3ccccc3)n2)cc2c(C)[nH]nc12. The van der Waals surface area contributed by atoms with Gasteiger partial charge in [0, 0.05) is 54.4 Å². The molecule has 0 radical (unpaired) electrons. The second-order valence-corrected chi connectivity index (χ2v) is 12.5. The van der Waals surface area contributed by atoms with E-state index >= 15 is 0 Å². The quantitative estimate of drug-likeness (QED) is 0.194. The summed E-state index contributed by atoms with van der Waals surface area (Å²) in [6.07, 6.45) is 2.55. The Bertz CT molecular complexity index is 1960. The van der Waals surface area contributed by atoms with Gasteiger partial charge in [0.1, 0.15) is 6.54 Å². The summed E-state index contributed by atoms with van der Waals surface area (Å²) in [5.74, 6) is 0.187. The van der Waals surface area contributed by atoms with Crippen molar-refractivity contribution in [3.8, 4) is 0 Å². The van der Waals surface area contributed by atoms with Crippen LogP contribution in [-0.2, 0) is 25.9 Å². The molecule has 3 aromatic carbocycles. The number of piperidine rings is 1. The van der Waals surface area contributed by atoms with E-state index in [9.17, 15) is 14.4 Å². The number of para-hydroxylation sites is 1. The Hall–Kier alpha value is -5.59. The predicted molar refractivity (Wildman–Crippen MR) is 179 cm³/mol. The molecule has 3 N–H and O–H groups in total. The number of hydrogen-bond acceptors (Lipinski definition) is 7. The highest BCUT2D eigenvalue weighted by atomic mass is 16.2. The van der Waals surface area contributed by atoms with Gasteiger partial charge >= 0.3 is 12.1 Å². The second-order valence-electron chi connectivity index (χ2n) is 12.5. The van der Waals surface area contributed by atoms with Gasteiger partial charge in [-0.15, -0.1) is 10.2 Å². The molecule has 7 rings (SSSR count). The van der Waals surface area contributed by atoms with Gasteiger partial charge in [-0.25, -0.2) is 9.59 Å². The Morgan fingerprint density at radius 2 is 1.81 bits per heavy atom. The Morgan fingerprint density at radius 3 is 2.60 bits per heavy atom. The minimum Gasteiger partial charge on any atom is -0.327 e. The summed E-state index contributed by atoms with van der Waals surface area (Å²) in [4.78, 5) is 44.5. The maximum Gasteiger partial charge on any atom is 0.322 e. The standard InChI is InChI=1S/C35H38N10O3/c1-3-24-17-23(18-28-22(2)38-39-32(24)28)19-30(33-40-42-45(41-33)21-31(46)25-9-5-4-6-10-25)37-34(47)43-15-13-27(14-16-43)44-20-26-11-7-8-12-29(26)36-35(44)48/h4-12,17-18,27,30H,3,13-16,19-21H2,1-2H3,(H,36,48)(H,37,47)(H,38,39). The smallest absolute Gasteiger partial charge is 0.322 e. The minimum absolute atomic E-state index is 0.0271. The van der Waals surface area contributed by atoms with E-state index in [0.717, 1.165) is 45.4 Å². The van der Waals surface area contributed by atoms with E-state index in [4.69, 9.17) is 0 Å². The number of H-pyrrole nitrogens is 1. The highest BCUT2D eigenvalue weighted by Crippen LogP contribution is 2.29. The van der Waals surface area contributed by atoms with Crippen LogP contribution in [0.25, 0.3) is 10.9 Å². The van der Waals surface area contributed by atoms with E-state index in [1.165, 1.54) is 4.80 Å². The lowest BCUT2D eigenvalue weighted by Crippen LogP contribution is -2.53. The fraction of sp³-hybridized carbons (Fsp3) is 0.343. The van der Waals surface area contributed by atoms with Gasteiger partial charge in [0.15, 0.2) is 11.6 Å². The zero-order chi connectivity index (χ0) is 33.2. The van der Waals surface area contributed by atoms with Crippen LogP contribution < -0.4 is 10.6 Å².